The first-order chi connectivity index (χ1) is 14.9. The molecular formula is C23H35N3O5. The predicted molar refractivity (Wildman–Crippen MR) is 110 cm³/mol. The SMILES string of the molecule is NC1(CNC(=O)C(=O)NCC2CCC3(CC2)OOC2(O3)C3CC4CC(C3)CC2C4)CC1. The van der Waals surface area contributed by atoms with E-state index in [1.165, 1.54) is 32.1 Å². The number of carbonyl (C=O) groups is 2. The smallest absolute Gasteiger partial charge is 0.309 e. The molecule has 0 aromatic carbocycles. The van der Waals surface area contributed by atoms with Crippen LogP contribution in [-0.4, -0.2) is 42.0 Å². The maximum absolute atomic E-state index is 12.1. The highest BCUT2D eigenvalue weighted by Gasteiger charge is 2.66. The number of amides is 2. The zero-order valence-electron chi connectivity index (χ0n) is 18.2. The van der Waals surface area contributed by atoms with E-state index in [9.17, 15) is 9.59 Å². The van der Waals surface area contributed by atoms with Crippen LogP contribution in [0.2, 0.25) is 0 Å². The third-order valence-electron chi connectivity index (χ3n) is 9.06. The normalized spacial score (nSPS) is 46.4. The number of rotatable bonds is 4. The van der Waals surface area contributed by atoms with Crippen LogP contribution in [0.5, 0.6) is 0 Å². The Hall–Kier alpha value is -1.22. The molecule has 1 saturated heterocycles. The minimum Gasteiger partial charge on any atom is -0.348 e. The minimum atomic E-state index is -0.632. The molecule has 6 saturated carbocycles. The average Bonchev–Trinajstić information content (AvgIpc) is 3.39. The van der Waals surface area contributed by atoms with Crippen molar-refractivity contribution in [1.29, 1.82) is 0 Å². The summed E-state index contributed by atoms with van der Waals surface area (Å²) in [5, 5.41) is 5.42. The summed E-state index contributed by atoms with van der Waals surface area (Å²) in [4.78, 5) is 36.1. The van der Waals surface area contributed by atoms with Crippen LogP contribution >= 0.6 is 0 Å². The number of nitrogens with two attached hydrogens (primary N) is 1. The Morgan fingerprint density at radius 2 is 1.45 bits per heavy atom. The second-order valence-corrected chi connectivity index (χ2v) is 11.4. The first kappa shape index (κ1) is 20.4. The molecule has 0 atom stereocenters. The van der Waals surface area contributed by atoms with E-state index in [4.69, 9.17) is 20.2 Å². The molecule has 2 spiro atoms. The fourth-order valence-electron chi connectivity index (χ4n) is 7.11. The van der Waals surface area contributed by atoms with Gasteiger partial charge in [-0.1, -0.05) is 0 Å². The second-order valence-electron chi connectivity index (χ2n) is 11.4. The number of hydrogen-bond donors (Lipinski definition) is 3. The largest absolute Gasteiger partial charge is 0.348 e. The van der Waals surface area contributed by atoms with Crippen molar-refractivity contribution >= 4 is 11.8 Å². The summed E-state index contributed by atoms with van der Waals surface area (Å²) in [6.07, 6.45) is 11.4. The van der Waals surface area contributed by atoms with Crippen molar-refractivity contribution in [3.05, 3.63) is 0 Å². The van der Waals surface area contributed by atoms with Crippen molar-refractivity contribution in [3.8, 4) is 0 Å². The first-order valence-electron chi connectivity index (χ1n) is 12.3. The molecule has 0 aromatic heterocycles. The van der Waals surface area contributed by atoms with Crippen molar-refractivity contribution in [2.24, 2.45) is 35.3 Å². The van der Waals surface area contributed by atoms with Gasteiger partial charge in [-0.2, -0.15) is 9.78 Å². The van der Waals surface area contributed by atoms with Crippen LogP contribution in [0, 0.1) is 29.6 Å². The Morgan fingerprint density at radius 3 is 2.06 bits per heavy atom. The molecule has 8 heteroatoms. The Labute approximate surface area is 183 Å². The van der Waals surface area contributed by atoms with Crippen molar-refractivity contribution in [2.45, 2.75) is 87.7 Å². The summed E-state index contributed by atoms with van der Waals surface area (Å²) in [5.74, 6) is 0.651. The van der Waals surface area contributed by atoms with Crippen molar-refractivity contribution < 1.29 is 24.1 Å². The topological polar surface area (TPSA) is 112 Å². The van der Waals surface area contributed by atoms with Crippen LogP contribution in [0.4, 0.5) is 0 Å². The molecule has 4 N–H and O–H groups in total. The first-order valence-corrected chi connectivity index (χ1v) is 12.3. The third-order valence-corrected chi connectivity index (χ3v) is 9.06. The number of carbonyl (C=O) groups excluding carboxylic acids is 2. The van der Waals surface area contributed by atoms with Crippen molar-refractivity contribution in [3.63, 3.8) is 0 Å². The number of nitrogens with one attached hydrogen (secondary N) is 2. The standard InChI is InChI=1S/C23H35N3O5/c24-21(5-6-21)13-26-20(28)19(27)25-12-14-1-3-22(4-2-14)29-23(31-30-22)17-8-15-7-16(10-17)11-18(23)9-15/h14-18H,1-13,24H2,(H,25,27)(H,26,28). The molecule has 8 nitrogen and oxygen atoms in total. The van der Waals surface area contributed by atoms with Crippen molar-refractivity contribution in [1.82, 2.24) is 10.6 Å². The van der Waals surface area contributed by atoms with Gasteiger partial charge in [0.2, 0.25) is 11.6 Å². The quantitative estimate of drug-likeness (QED) is 0.460. The maximum atomic E-state index is 12.1. The molecule has 2 amide bonds. The van der Waals surface area contributed by atoms with Crippen LogP contribution in [0.15, 0.2) is 0 Å². The summed E-state index contributed by atoms with van der Waals surface area (Å²) in [7, 11) is 0. The zero-order chi connectivity index (χ0) is 21.3. The van der Waals surface area contributed by atoms with E-state index >= 15 is 0 Å². The van der Waals surface area contributed by atoms with E-state index in [0.717, 1.165) is 50.4 Å². The Kier molecular flexibility index (Phi) is 4.70. The van der Waals surface area contributed by atoms with Gasteiger partial charge < -0.3 is 21.1 Å². The van der Waals surface area contributed by atoms with Gasteiger partial charge in [0.05, 0.1) is 0 Å². The number of ether oxygens (including phenoxy) is 1. The molecular weight excluding hydrogens is 398 g/mol. The Bertz CT molecular complexity index is 730. The molecule has 7 fully saturated rings. The highest BCUT2D eigenvalue weighted by Crippen LogP contribution is 2.63. The molecule has 7 rings (SSSR count). The molecule has 7 aliphatic rings. The monoisotopic (exact) mass is 433 g/mol. The lowest BCUT2D eigenvalue weighted by Gasteiger charge is -2.57. The molecule has 4 bridgehead atoms. The lowest BCUT2D eigenvalue weighted by Crippen LogP contribution is -2.59. The van der Waals surface area contributed by atoms with Gasteiger partial charge in [-0.15, -0.1) is 0 Å². The molecule has 0 unspecified atom stereocenters. The molecule has 6 aliphatic carbocycles. The molecule has 0 radical (unpaired) electrons. The van der Waals surface area contributed by atoms with Crippen molar-refractivity contribution in [2.75, 3.05) is 13.1 Å². The van der Waals surface area contributed by atoms with Gasteiger partial charge in [-0.25, -0.2) is 0 Å². The van der Waals surface area contributed by atoms with Crippen LogP contribution in [-0.2, 0) is 24.1 Å². The van der Waals surface area contributed by atoms with Gasteiger partial charge in [0.25, 0.3) is 0 Å². The van der Waals surface area contributed by atoms with E-state index in [2.05, 4.69) is 10.6 Å². The minimum absolute atomic E-state index is 0.300. The van der Waals surface area contributed by atoms with Crippen LogP contribution in [0.3, 0.4) is 0 Å². The third kappa shape index (κ3) is 3.59. The van der Waals surface area contributed by atoms with E-state index < -0.39 is 23.4 Å². The lowest BCUT2D eigenvalue weighted by molar-refractivity contribution is -0.390. The highest BCUT2D eigenvalue weighted by atomic mass is 17.3. The fraction of sp³-hybridized carbons (Fsp3) is 0.913. The summed E-state index contributed by atoms with van der Waals surface area (Å²) < 4.78 is 6.73. The summed E-state index contributed by atoms with van der Waals surface area (Å²) in [5.41, 5.74) is 5.65. The molecule has 1 heterocycles. The zero-order valence-corrected chi connectivity index (χ0v) is 18.2. The summed E-state index contributed by atoms with van der Waals surface area (Å²) >= 11 is 0. The Balaban J connectivity index is 0.986. The lowest BCUT2D eigenvalue weighted by atomic mass is 9.53. The van der Waals surface area contributed by atoms with Gasteiger partial charge in [0, 0.05) is 43.3 Å². The van der Waals surface area contributed by atoms with E-state index in [-0.39, 0.29) is 5.54 Å². The van der Waals surface area contributed by atoms with Gasteiger partial charge in [0.15, 0.2) is 0 Å². The number of hydrogen-bond acceptors (Lipinski definition) is 6. The van der Waals surface area contributed by atoms with E-state index in [1.807, 2.05) is 0 Å². The van der Waals surface area contributed by atoms with Gasteiger partial charge >= 0.3 is 11.8 Å². The van der Waals surface area contributed by atoms with Gasteiger partial charge in [-0.3, -0.25) is 9.59 Å². The molecule has 0 aromatic rings. The highest BCUT2D eigenvalue weighted by molar-refractivity contribution is 6.35. The van der Waals surface area contributed by atoms with E-state index in [0.29, 0.717) is 30.8 Å². The Morgan fingerprint density at radius 1 is 0.839 bits per heavy atom. The molecule has 172 valence electrons. The second kappa shape index (κ2) is 7.14. The molecule has 1 aliphatic heterocycles. The van der Waals surface area contributed by atoms with Gasteiger partial charge in [-0.05, 0) is 75.5 Å². The van der Waals surface area contributed by atoms with E-state index in [1.54, 1.807) is 0 Å². The predicted octanol–water partition coefficient (Wildman–Crippen LogP) is 1.73. The summed E-state index contributed by atoms with van der Waals surface area (Å²) in [6.45, 7) is 0.863. The van der Waals surface area contributed by atoms with Crippen LogP contribution in [0.25, 0.3) is 0 Å². The maximum Gasteiger partial charge on any atom is 0.309 e. The summed E-state index contributed by atoms with van der Waals surface area (Å²) in [6, 6.07) is 0. The van der Waals surface area contributed by atoms with Gasteiger partial charge in [0.1, 0.15) is 0 Å². The average molecular weight is 434 g/mol. The molecule has 31 heavy (non-hydrogen) atoms. The van der Waals surface area contributed by atoms with Crippen LogP contribution < -0.4 is 16.4 Å². The van der Waals surface area contributed by atoms with Crippen LogP contribution in [0.1, 0.15) is 70.6 Å². The fourth-order valence-corrected chi connectivity index (χ4v) is 7.11.